The molecule has 0 aromatic rings. The van der Waals surface area contributed by atoms with E-state index in [-0.39, 0.29) is 0 Å². The van der Waals surface area contributed by atoms with Gasteiger partial charge in [0.1, 0.15) is 0 Å². The van der Waals surface area contributed by atoms with Crippen LogP contribution in [0.5, 0.6) is 0 Å². The maximum Gasteiger partial charge on any atom is 0.00105 e. The van der Waals surface area contributed by atoms with Gasteiger partial charge in [0.2, 0.25) is 0 Å². The molecule has 0 heterocycles. The first-order valence-corrected chi connectivity index (χ1v) is 5.82. The highest BCUT2D eigenvalue weighted by atomic mass is 14.9. The van der Waals surface area contributed by atoms with Crippen LogP contribution in [-0.4, -0.2) is 25.7 Å². The fraction of sp³-hybridized carbons (Fsp3) is 1.00. The lowest BCUT2D eigenvalue weighted by Gasteiger charge is -2.32. The highest BCUT2D eigenvalue weighted by molar-refractivity contribution is 4.78. The van der Waals surface area contributed by atoms with E-state index in [1.807, 2.05) is 0 Å². The summed E-state index contributed by atoms with van der Waals surface area (Å²) < 4.78 is 0. The molecule has 86 valence electrons. The zero-order chi connectivity index (χ0) is 11.2. The van der Waals surface area contributed by atoms with Gasteiger partial charge in [-0.15, -0.1) is 0 Å². The Labute approximate surface area is 89.9 Å². The van der Waals surface area contributed by atoms with Gasteiger partial charge in [-0.1, -0.05) is 41.5 Å². The molecule has 0 spiro atoms. The molecule has 1 atom stereocenters. The predicted molar refractivity (Wildman–Crippen MR) is 64.6 cm³/mol. The van der Waals surface area contributed by atoms with Gasteiger partial charge in [-0.3, -0.25) is 0 Å². The van der Waals surface area contributed by atoms with Crippen LogP contribution < -0.4 is 10.6 Å². The summed E-state index contributed by atoms with van der Waals surface area (Å²) in [5, 5.41) is 6.96. The lowest BCUT2D eigenvalue weighted by molar-refractivity contribution is 0.222. The maximum atomic E-state index is 3.52. The predicted octanol–water partition coefficient (Wildman–Crippen LogP) is 2.26. The van der Waals surface area contributed by atoms with Gasteiger partial charge in [0, 0.05) is 6.04 Å². The second-order valence-corrected chi connectivity index (χ2v) is 5.43. The number of hydrogen-bond acceptors (Lipinski definition) is 2. The Balaban J connectivity index is 3.98. The molecule has 0 fully saturated rings. The summed E-state index contributed by atoms with van der Waals surface area (Å²) in [7, 11) is 0. The van der Waals surface area contributed by atoms with Crippen molar-refractivity contribution in [1.82, 2.24) is 10.6 Å². The average Bonchev–Trinajstić information content (AvgIpc) is 2.01. The van der Waals surface area contributed by atoms with Crippen LogP contribution in [0.3, 0.4) is 0 Å². The first kappa shape index (κ1) is 13.9. The molecule has 0 aliphatic carbocycles. The fourth-order valence-corrected chi connectivity index (χ4v) is 1.38. The second kappa shape index (κ2) is 6.41. The molecule has 14 heavy (non-hydrogen) atoms. The van der Waals surface area contributed by atoms with Crippen LogP contribution in [-0.2, 0) is 0 Å². The van der Waals surface area contributed by atoms with Gasteiger partial charge >= 0.3 is 0 Å². The highest BCUT2D eigenvalue weighted by Crippen LogP contribution is 2.24. The number of hydrogen-bond donors (Lipinski definition) is 2. The van der Waals surface area contributed by atoms with Gasteiger partial charge in [0.15, 0.2) is 0 Å². The highest BCUT2D eigenvalue weighted by Gasteiger charge is 2.23. The van der Waals surface area contributed by atoms with E-state index in [4.69, 9.17) is 0 Å². The van der Waals surface area contributed by atoms with Crippen LogP contribution in [0.4, 0.5) is 0 Å². The van der Waals surface area contributed by atoms with Crippen molar-refractivity contribution in [2.75, 3.05) is 19.6 Å². The normalized spacial score (nSPS) is 14.8. The monoisotopic (exact) mass is 200 g/mol. The molecule has 2 N–H and O–H groups in total. The summed E-state index contributed by atoms with van der Waals surface area (Å²) in [6.45, 7) is 16.8. The summed E-state index contributed by atoms with van der Waals surface area (Å²) >= 11 is 0. The zero-order valence-electron chi connectivity index (χ0n) is 10.8. The van der Waals surface area contributed by atoms with Crippen LogP contribution in [0.2, 0.25) is 0 Å². The molecule has 2 heteroatoms. The zero-order valence-corrected chi connectivity index (χ0v) is 10.8. The summed E-state index contributed by atoms with van der Waals surface area (Å²) in [6, 6.07) is 0.585. The average molecular weight is 200 g/mol. The SMILES string of the molecule is CCNCC(CNC(C)C)C(C)(C)C. The standard InChI is InChI=1S/C12H28N2/c1-7-13-8-11(12(4,5)6)9-14-10(2)3/h10-11,13-14H,7-9H2,1-6H3. The second-order valence-electron chi connectivity index (χ2n) is 5.43. The molecule has 1 unspecified atom stereocenters. The molecule has 0 bridgehead atoms. The number of rotatable bonds is 6. The van der Waals surface area contributed by atoms with Gasteiger partial charge in [-0.2, -0.15) is 0 Å². The molecule has 0 saturated heterocycles. The Morgan fingerprint density at radius 2 is 1.64 bits per heavy atom. The minimum absolute atomic E-state index is 0.379. The van der Waals surface area contributed by atoms with E-state index in [2.05, 4.69) is 52.2 Å². The van der Waals surface area contributed by atoms with Crippen LogP contribution in [0.1, 0.15) is 41.5 Å². The molecule has 0 aliphatic heterocycles. The lowest BCUT2D eigenvalue weighted by Crippen LogP contribution is -2.40. The van der Waals surface area contributed by atoms with E-state index < -0.39 is 0 Å². The topological polar surface area (TPSA) is 24.1 Å². The van der Waals surface area contributed by atoms with Crippen molar-refractivity contribution in [2.45, 2.75) is 47.6 Å². The van der Waals surface area contributed by atoms with Crippen molar-refractivity contribution in [2.24, 2.45) is 11.3 Å². The largest absolute Gasteiger partial charge is 0.317 e. The molecule has 0 aromatic carbocycles. The summed E-state index contributed by atoms with van der Waals surface area (Å²) in [5.41, 5.74) is 0.379. The summed E-state index contributed by atoms with van der Waals surface area (Å²) in [5.74, 6) is 0.699. The van der Waals surface area contributed by atoms with Crippen molar-refractivity contribution in [3.05, 3.63) is 0 Å². The van der Waals surface area contributed by atoms with E-state index in [1.165, 1.54) is 0 Å². The van der Waals surface area contributed by atoms with E-state index >= 15 is 0 Å². The van der Waals surface area contributed by atoms with Crippen molar-refractivity contribution >= 4 is 0 Å². The van der Waals surface area contributed by atoms with Crippen molar-refractivity contribution in [1.29, 1.82) is 0 Å². The molecule has 2 nitrogen and oxygen atoms in total. The Hall–Kier alpha value is -0.0800. The third-order valence-corrected chi connectivity index (χ3v) is 2.64. The molecule has 0 rings (SSSR count). The molecule has 0 aliphatic rings. The van der Waals surface area contributed by atoms with E-state index in [0.29, 0.717) is 17.4 Å². The van der Waals surface area contributed by atoms with Gasteiger partial charge in [-0.05, 0) is 31.0 Å². The molecule has 0 amide bonds. The third-order valence-electron chi connectivity index (χ3n) is 2.64. The maximum absolute atomic E-state index is 3.52. The minimum atomic E-state index is 0.379. The van der Waals surface area contributed by atoms with Gasteiger partial charge < -0.3 is 10.6 Å². The van der Waals surface area contributed by atoms with Gasteiger partial charge in [0.25, 0.3) is 0 Å². The molecule has 0 saturated carbocycles. The third kappa shape index (κ3) is 6.39. The first-order chi connectivity index (χ1) is 6.38. The van der Waals surface area contributed by atoms with Crippen LogP contribution >= 0.6 is 0 Å². The summed E-state index contributed by atoms with van der Waals surface area (Å²) in [6.07, 6.45) is 0. The van der Waals surface area contributed by atoms with E-state index in [1.54, 1.807) is 0 Å². The van der Waals surface area contributed by atoms with Crippen LogP contribution in [0.25, 0.3) is 0 Å². The minimum Gasteiger partial charge on any atom is -0.317 e. The first-order valence-electron chi connectivity index (χ1n) is 5.82. The number of nitrogens with one attached hydrogen (secondary N) is 2. The van der Waals surface area contributed by atoms with Crippen molar-refractivity contribution in [3.63, 3.8) is 0 Å². The Bertz CT molecular complexity index is 136. The van der Waals surface area contributed by atoms with Crippen molar-refractivity contribution < 1.29 is 0 Å². The van der Waals surface area contributed by atoms with Gasteiger partial charge in [0.05, 0.1) is 0 Å². The molecule has 0 radical (unpaired) electrons. The molecular formula is C12H28N2. The summed E-state index contributed by atoms with van der Waals surface area (Å²) in [4.78, 5) is 0. The van der Waals surface area contributed by atoms with Crippen molar-refractivity contribution in [3.8, 4) is 0 Å². The van der Waals surface area contributed by atoms with E-state index in [0.717, 1.165) is 19.6 Å². The lowest BCUT2D eigenvalue weighted by atomic mass is 9.80. The Kier molecular flexibility index (Phi) is 6.38. The van der Waals surface area contributed by atoms with Crippen LogP contribution in [0, 0.1) is 11.3 Å². The smallest absolute Gasteiger partial charge is 0.00105 e. The molecular weight excluding hydrogens is 172 g/mol. The quantitative estimate of drug-likeness (QED) is 0.687. The fourth-order valence-electron chi connectivity index (χ4n) is 1.38. The van der Waals surface area contributed by atoms with Crippen LogP contribution in [0.15, 0.2) is 0 Å². The van der Waals surface area contributed by atoms with Gasteiger partial charge in [-0.25, -0.2) is 0 Å². The molecule has 0 aromatic heterocycles. The Morgan fingerprint density at radius 3 is 2.00 bits per heavy atom. The van der Waals surface area contributed by atoms with E-state index in [9.17, 15) is 0 Å². The Morgan fingerprint density at radius 1 is 1.07 bits per heavy atom.